The lowest BCUT2D eigenvalue weighted by molar-refractivity contribution is 0.170. The first-order valence-corrected chi connectivity index (χ1v) is 8.73. The van der Waals surface area contributed by atoms with Gasteiger partial charge in [0.25, 0.3) is 0 Å². The van der Waals surface area contributed by atoms with Crippen molar-refractivity contribution in [2.45, 2.75) is 19.4 Å². The van der Waals surface area contributed by atoms with Gasteiger partial charge < -0.3 is 5.32 Å². The lowest BCUT2D eigenvalue weighted by atomic mass is 9.91. The lowest BCUT2D eigenvalue weighted by Crippen LogP contribution is -2.45. The van der Waals surface area contributed by atoms with E-state index in [9.17, 15) is 0 Å². The molecular formula is C21H26Cl2N2. The van der Waals surface area contributed by atoms with Gasteiger partial charge in [-0.2, -0.15) is 0 Å². The van der Waals surface area contributed by atoms with Crippen LogP contribution in [0.3, 0.4) is 0 Å². The number of nitrogens with one attached hydrogen (secondary N) is 1. The lowest BCUT2D eigenvalue weighted by Gasteiger charge is -2.35. The molecule has 0 unspecified atom stereocenters. The van der Waals surface area contributed by atoms with Crippen LogP contribution in [0, 0.1) is 0 Å². The first kappa shape index (κ1) is 20.0. The third-order valence-corrected chi connectivity index (χ3v) is 5.14. The van der Waals surface area contributed by atoms with Gasteiger partial charge in [-0.1, -0.05) is 55.5 Å². The third-order valence-electron chi connectivity index (χ3n) is 5.14. The monoisotopic (exact) mass is 376 g/mol. The zero-order valence-electron chi connectivity index (χ0n) is 14.6. The molecule has 1 N–H and O–H groups in total. The molecule has 0 bridgehead atoms. The molecule has 4 heteroatoms. The smallest absolute Gasteiger partial charge is 0.0352 e. The quantitative estimate of drug-likeness (QED) is 0.632. The van der Waals surface area contributed by atoms with Crippen molar-refractivity contribution in [2.75, 3.05) is 26.2 Å². The van der Waals surface area contributed by atoms with E-state index < -0.39 is 0 Å². The standard InChI is InChI=1S/C21H24N2.2ClH/c1-2-21(23-13-11-22-12-14-23)20-15-16-7-3-4-8-17(16)18-9-5-6-10-19(18)20;;/h3-10,15,21-22H,2,11-14H2,1H3;2*1H/t21-;;/m1../s1. The predicted molar refractivity (Wildman–Crippen MR) is 113 cm³/mol. The summed E-state index contributed by atoms with van der Waals surface area (Å²) < 4.78 is 0. The van der Waals surface area contributed by atoms with Gasteiger partial charge in [0.15, 0.2) is 0 Å². The molecule has 0 aliphatic carbocycles. The first-order chi connectivity index (χ1) is 11.4. The van der Waals surface area contributed by atoms with Gasteiger partial charge in [-0.05, 0) is 39.6 Å². The molecule has 0 aromatic heterocycles. The maximum absolute atomic E-state index is 3.47. The Labute approximate surface area is 162 Å². The van der Waals surface area contributed by atoms with Crippen LogP contribution < -0.4 is 5.32 Å². The molecule has 1 heterocycles. The van der Waals surface area contributed by atoms with Gasteiger partial charge in [-0.3, -0.25) is 4.90 Å². The molecule has 0 radical (unpaired) electrons. The van der Waals surface area contributed by atoms with Crippen LogP contribution in [0.15, 0.2) is 54.6 Å². The summed E-state index contributed by atoms with van der Waals surface area (Å²) in [6, 6.07) is 20.6. The number of fused-ring (bicyclic) bond motifs is 3. The number of rotatable bonds is 3. The fraction of sp³-hybridized carbons (Fsp3) is 0.333. The van der Waals surface area contributed by atoms with Crippen LogP contribution in [-0.4, -0.2) is 31.1 Å². The van der Waals surface area contributed by atoms with Crippen molar-refractivity contribution in [3.05, 3.63) is 60.2 Å². The Morgan fingerprint density at radius 3 is 2.16 bits per heavy atom. The Morgan fingerprint density at radius 2 is 1.48 bits per heavy atom. The second-order valence-corrected chi connectivity index (χ2v) is 6.44. The molecule has 1 aliphatic rings. The summed E-state index contributed by atoms with van der Waals surface area (Å²) in [6.07, 6.45) is 1.16. The van der Waals surface area contributed by atoms with Gasteiger partial charge in [-0.25, -0.2) is 0 Å². The highest BCUT2D eigenvalue weighted by molar-refractivity contribution is 6.09. The van der Waals surface area contributed by atoms with Crippen molar-refractivity contribution in [1.29, 1.82) is 0 Å². The van der Waals surface area contributed by atoms with Crippen LogP contribution in [0.5, 0.6) is 0 Å². The van der Waals surface area contributed by atoms with E-state index in [1.54, 1.807) is 0 Å². The minimum Gasteiger partial charge on any atom is -0.314 e. The molecule has 0 saturated carbocycles. The molecule has 134 valence electrons. The van der Waals surface area contributed by atoms with Crippen molar-refractivity contribution in [3.63, 3.8) is 0 Å². The second kappa shape index (κ2) is 8.86. The fourth-order valence-electron chi connectivity index (χ4n) is 4.03. The highest BCUT2D eigenvalue weighted by Crippen LogP contribution is 2.35. The van der Waals surface area contributed by atoms with Crippen LogP contribution in [0.25, 0.3) is 21.5 Å². The minimum absolute atomic E-state index is 0. The Morgan fingerprint density at radius 1 is 0.880 bits per heavy atom. The van der Waals surface area contributed by atoms with Gasteiger partial charge in [0.1, 0.15) is 0 Å². The normalized spacial score (nSPS) is 16.2. The molecule has 2 nitrogen and oxygen atoms in total. The molecule has 25 heavy (non-hydrogen) atoms. The summed E-state index contributed by atoms with van der Waals surface area (Å²) in [4.78, 5) is 2.65. The summed E-state index contributed by atoms with van der Waals surface area (Å²) in [5, 5.41) is 8.99. The van der Waals surface area contributed by atoms with E-state index >= 15 is 0 Å². The Balaban J connectivity index is 0.00000113. The molecule has 1 fully saturated rings. The molecule has 3 aromatic carbocycles. The van der Waals surface area contributed by atoms with E-state index in [2.05, 4.69) is 71.7 Å². The van der Waals surface area contributed by atoms with Gasteiger partial charge in [0.2, 0.25) is 0 Å². The average molecular weight is 377 g/mol. The van der Waals surface area contributed by atoms with E-state index in [1.165, 1.54) is 27.1 Å². The van der Waals surface area contributed by atoms with E-state index in [0.29, 0.717) is 6.04 Å². The zero-order valence-corrected chi connectivity index (χ0v) is 16.2. The van der Waals surface area contributed by atoms with Crippen molar-refractivity contribution < 1.29 is 0 Å². The van der Waals surface area contributed by atoms with Gasteiger partial charge in [0, 0.05) is 32.2 Å². The molecule has 3 aromatic rings. The van der Waals surface area contributed by atoms with E-state index in [4.69, 9.17) is 0 Å². The maximum Gasteiger partial charge on any atom is 0.0352 e. The zero-order chi connectivity index (χ0) is 15.6. The molecule has 0 amide bonds. The Hall–Kier alpha value is -1.32. The van der Waals surface area contributed by atoms with Crippen LogP contribution in [0.1, 0.15) is 24.9 Å². The molecular weight excluding hydrogens is 351 g/mol. The maximum atomic E-state index is 3.47. The van der Waals surface area contributed by atoms with E-state index in [1.807, 2.05) is 0 Å². The molecule has 1 aliphatic heterocycles. The van der Waals surface area contributed by atoms with E-state index in [-0.39, 0.29) is 24.8 Å². The molecule has 4 rings (SSSR count). The SMILES string of the molecule is CC[C@H](c1cc2ccccc2c2ccccc12)N1CCNCC1.Cl.Cl. The van der Waals surface area contributed by atoms with Gasteiger partial charge in [-0.15, -0.1) is 24.8 Å². The van der Waals surface area contributed by atoms with Gasteiger partial charge >= 0.3 is 0 Å². The molecule has 0 spiro atoms. The number of nitrogens with zero attached hydrogens (tertiary/aromatic N) is 1. The summed E-state index contributed by atoms with van der Waals surface area (Å²) in [5.41, 5.74) is 1.49. The molecule has 1 saturated heterocycles. The molecule has 1 atom stereocenters. The number of piperazine rings is 1. The Bertz CT molecular complexity index is 828. The van der Waals surface area contributed by atoms with Crippen molar-refractivity contribution in [1.82, 2.24) is 10.2 Å². The first-order valence-electron chi connectivity index (χ1n) is 8.73. The third kappa shape index (κ3) is 3.78. The fourth-order valence-corrected chi connectivity index (χ4v) is 4.03. The summed E-state index contributed by atoms with van der Waals surface area (Å²) in [6.45, 7) is 6.79. The average Bonchev–Trinajstić information content (AvgIpc) is 2.63. The van der Waals surface area contributed by atoms with Crippen LogP contribution in [-0.2, 0) is 0 Å². The highest BCUT2D eigenvalue weighted by Gasteiger charge is 2.22. The topological polar surface area (TPSA) is 15.3 Å². The van der Waals surface area contributed by atoms with Gasteiger partial charge in [0.05, 0.1) is 0 Å². The summed E-state index contributed by atoms with van der Waals surface area (Å²) >= 11 is 0. The van der Waals surface area contributed by atoms with Crippen LogP contribution >= 0.6 is 24.8 Å². The second-order valence-electron chi connectivity index (χ2n) is 6.44. The van der Waals surface area contributed by atoms with Crippen molar-refractivity contribution >= 4 is 46.4 Å². The minimum atomic E-state index is 0. The number of hydrogen-bond donors (Lipinski definition) is 1. The van der Waals surface area contributed by atoms with E-state index in [0.717, 1.165) is 32.6 Å². The predicted octanol–water partition coefficient (Wildman–Crippen LogP) is 5.19. The number of halogens is 2. The highest BCUT2D eigenvalue weighted by atomic mass is 35.5. The number of benzene rings is 3. The summed E-state index contributed by atoms with van der Waals surface area (Å²) in [5.74, 6) is 0. The van der Waals surface area contributed by atoms with Crippen LogP contribution in [0.2, 0.25) is 0 Å². The van der Waals surface area contributed by atoms with Crippen LogP contribution in [0.4, 0.5) is 0 Å². The Kier molecular flexibility index (Phi) is 7.09. The largest absolute Gasteiger partial charge is 0.314 e. The van der Waals surface area contributed by atoms with Crippen molar-refractivity contribution in [3.8, 4) is 0 Å². The number of hydrogen-bond acceptors (Lipinski definition) is 2. The van der Waals surface area contributed by atoms with Crippen molar-refractivity contribution in [2.24, 2.45) is 0 Å². The summed E-state index contributed by atoms with van der Waals surface area (Å²) in [7, 11) is 0.